The molecule has 0 bridgehead atoms. The van der Waals surface area contributed by atoms with Crippen molar-refractivity contribution < 1.29 is 23.8 Å². The minimum absolute atomic E-state index is 0.209. The van der Waals surface area contributed by atoms with E-state index >= 15 is 0 Å². The fourth-order valence-electron chi connectivity index (χ4n) is 2.09. The van der Waals surface area contributed by atoms with Crippen molar-refractivity contribution in [1.29, 1.82) is 0 Å². The Labute approximate surface area is 138 Å². The molecular formula is C16H18N2O6. The third kappa shape index (κ3) is 4.09. The summed E-state index contributed by atoms with van der Waals surface area (Å²) in [6.45, 7) is 3.06. The van der Waals surface area contributed by atoms with Crippen LogP contribution in [0.2, 0.25) is 0 Å². The molecule has 0 spiro atoms. The van der Waals surface area contributed by atoms with Crippen LogP contribution in [0, 0.1) is 0 Å². The number of para-hydroxylation sites is 2. The van der Waals surface area contributed by atoms with Gasteiger partial charge in [-0.1, -0.05) is 12.1 Å². The van der Waals surface area contributed by atoms with E-state index in [9.17, 15) is 14.4 Å². The highest BCUT2D eigenvalue weighted by atomic mass is 16.6. The highest BCUT2D eigenvalue weighted by Crippen LogP contribution is 2.13. The molecule has 128 valence electrons. The lowest BCUT2D eigenvalue weighted by molar-refractivity contribution is -0.146. The zero-order chi connectivity index (χ0) is 17.5. The average Bonchev–Trinajstić information content (AvgIpc) is 2.56. The molecule has 0 radical (unpaired) electrons. The van der Waals surface area contributed by atoms with Gasteiger partial charge in [0.15, 0.2) is 6.61 Å². The fourth-order valence-corrected chi connectivity index (χ4v) is 2.09. The number of carbonyl (C=O) groups is 2. The second kappa shape index (κ2) is 8.09. The van der Waals surface area contributed by atoms with Crippen molar-refractivity contribution in [3.63, 3.8) is 0 Å². The number of esters is 2. The van der Waals surface area contributed by atoms with E-state index in [-0.39, 0.29) is 25.6 Å². The van der Waals surface area contributed by atoms with Crippen molar-refractivity contribution in [3.05, 3.63) is 34.6 Å². The highest BCUT2D eigenvalue weighted by Gasteiger charge is 2.16. The van der Waals surface area contributed by atoms with Gasteiger partial charge in [0.25, 0.3) is 5.88 Å². The van der Waals surface area contributed by atoms with E-state index in [0.29, 0.717) is 11.0 Å². The standard InChI is InChI=1S/C16H18N2O6/c1-3-22-13(19)9-18-12-8-6-5-7-11(12)17-15(16(18)21)24-10-14(20)23-4-2/h5-8H,3-4,9-10H2,1-2H3. The summed E-state index contributed by atoms with van der Waals surface area (Å²) in [6.07, 6.45) is 0. The SMILES string of the molecule is CCOC(=O)COc1nc2ccccc2n(CC(=O)OCC)c1=O. The van der Waals surface area contributed by atoms with Crippen molar-refractivity contribution in [2.75, 3.05) is 19.8 Å². The van der Waals surface area contributed by atoms with E-state index in [1.54, 1.807) is 38.1 Å². The van der Waals surface area contributed by atoms with E-state index in [2.05, 4.69) is 4.98 Å². The summed E-state index contributed by atoms with van der Waals surface area (Å²) < 4.78 is 16.0. The molecule has 0 aliphatic rings. The zero-order valence-electron chi connectivity index (χ0n) is 13.5. The molecule has 1 heterocycles. The molecule has 0 unspecified atom stereocenters. The first-order valence-corrected chi connectivity index (χ1v) is 7.50. The van der Waals surface area contributed by atoms with E-state index < -0.39 is 24.1 Å². The molecule has 0 fully saturated rings. The molecule has 2 aromatic rings. The Morgan fingerprint density at radius 1 is 1.08 bits per heavy atom. The minimum Gasteiger partial charge on any atom is -0.465 e. The van der Waals surface area contributed by atoms with Crippen LogP contribution in [0.3, 0.4) is 0 Å². The molecule has 8 nitrogen and oxygen atoms in total. The molecule has 8 heteroatoms. The van der Waals surface area contributed by atoms with Gasteiger partial charge >= 0.3 is 17.5 Å². The lowest BCUT2D eigenvalue weighted by Gasteiger charge is -2.12. The highest BCUT2D eigenvalue weighted by molar-refractivity contribution is 5.78. The lowest BCUT2D eigenvalue weighted by Crippen LogP contribution is -2.29. The number of hydrogen-bond acceptors (Lipinski definition) is 7. The van der Waals surface area contributed by atoms with E-state index in [1.165, 1.54) is 4.57 Å². The molecule has 1 aromatic carbocycles. The predicted molar refractivity (Wildman–Crippen MR) is 84.8 cm³/mol. The Bertz CT molecular complexity index is 799. The van der Waals surface area contributed by atoms with Gasteiger partial charge in [-0.15, -0.1) is 0 Å². The lowest BCUT2D eigenvalue weighted by atomic mass is 10.3. The van der Waals surface area contributed by atoms with Gasteiger partial charge in [0.1, 0.15) is 6.54 Å². The van der Waals surface area contributed by atoms with Gasteiger partial charge in [0.2, 0.25) is 0 Å². The first-order valence-electron chi connectivity index (χ1n) is 7.50. The third-order valence-corrected chi connectivity index (χ3v) is 3.05. The Balaban J connectivity index is 2.38. The van der Waals surface area contributed by atoms with Gasteiger partial charge in [-0.2, -0.15) is 0 Å². The maximum absolute atomic E-state index is 12.5. The second-order valence-corrected chi connectivity index (χ2v) is 4.70. The number of carbonyl (C=O) groups excluding carboxylic acids is 2. The topological polar surface area (TPSA) is 96.7 Å². The quantitative estimate of drug-likeness (QED) is 0.694. The van der Waals surface area contributed by atoms with Gasteiger partial charge < -0.3 is 14.2 Å². The molecule has 0 saturated heterocycles. The number of fused-ring (bicyclic) bond motifs is 1. The number of hydrogen-bond donors (Lipinski definition) is 0. The van der Waals surface area contributed by atoms with Crippen LogP contribution in [0.15, 0.2) is 29.1 Å². The number of nitrogens with zero attached hydrogens (tertiary/aromatic N) is 2. The second-order valence-electron chi connectivity index (χ2n) is 4.70. The molecule has 1 aromatic heterocycles. The van der Waals surface area contributed by atoms with Crippen molar-refractivity contribution in [2.45, 2.75) is 20.4 Å². The van der Waals surface area contributed by atoms with Crippen LogP contribution in [0.25, 0.3) is 11.0 Å². The number of benzene rings is 1. The largest absolute Gasteiger partial charge is 0.465 e. The monoisotopic (exact) mass is 334 g/mol. The predicted octanol–water partition coefficient (Wildman–Crippen LogP) is 0.902. The van der Waals surface area contributed by atoms with Crippen LogP contribution in [-0.2, 0) is 25.6 Å². The molecular weight excluding hydrogens is 316 g/mol. The van der Waals surface area contributed by atoms with Crippen molar-refractivity contribution in [2.24, 2.45) is 0 Å². The van der Waals surface area contributed by atoms with Crippen molar-refractivity contribution in [3.8, 4) is 5.88 Å². The van der Waals surface area contributed by atoms with E-state index in [4.69, 9.17) is 14.2 Å². The zero-order valence-corrected chi connectivity index (χ0v) is 13.5. The number of rotatable bonds is 7. The molecule has 0 aliphatic heterocycles. The molecule has 0 amide bonds. The summed E-state index contributed by atoms with van der Waals surface area (Å²) >= 11 is 0. The van der Waals surface area contributed by atoms with Gasteiger partial charge in [-0.25, -0.2) is 9.78 Å². The van der Waals surface area contributed by atoms with Crippen LogP contribution >= 0.6 is 0 Å². The van der Waals surface area contributed by atoms with Crippen molar-refractivity contribution in [1.82, 2.24) is 9.55 Å². The van der Waals surface area contributed by atoms with Crippen LogP contribution < -0.4 is 10.3 Å². The third-order valence-electron chi connectivity index (χ3n) is 3.05. The normalized spacial score (nSPS) is 10.4. The van der Waals surface area contributed by atoms with Gasteiger partial charge in [-0.3, -0.25) is 14.2 Å². The maximum atomic E-state index is 12.5. The molecule has 2 rings (SSSR count). The molecule has 0 N–H and O–H groups in total. The van der Waals surface area contributed by atoms with Crippen LogP contribution in [0.5, 0.6) is 5.88 Å². The Morgan fingerprint density at radius 3 is 2.46 bits per heavy atom. The van der Waals surface area contributed by atoms with Gasteiger partial charge in [-0.05, 0) is 26.0 Å². The summed E-state index contributed by atoms with van der Waals surface area (Å²) in [7, 11) is 0. The van der Waals surface area contributed by atoms with Crippen LogP contribution in [0.1, 0.15) is 13.8 Å². The molecule has 0 aliphatic carbocycles. The Kier molecular flexibility index (Phi) is 5.89. The maximum Gasteiger partial charge on any atom is 0.344 e. The summed E-state index contributed by atoms with van der Waals surface area (Å²) in [5.41, 5.74) is 0.311. The minimum atomic E-state index is -0.619. The summed E-state index contributed by atoms with van der Waals surface area (Å²) in [4.78, 5) is 39.7. The number of aromatic nitrogens is 2. The first kappa shape index (κ1) is 17.5. The smallest absolute Gasteiger partial charge is 0.344 e. The van der Waals surface area contributed by atoms with Gasteiger partial charge in [0, 0.05) is 0 Å². The van der Waals surface area contributed by atoms with E-state index in [1.807, 2.05) is 0 Å². The van der Waals surface area contributed by atoms with Crippen molar-refractivity contribution >= 4 is 23.0 Å². The summed E-state index contributed by atoms with van der Waals surface area (Å²) in [5, 5.41) is 0. The molecule has 24 heavy (non-hydrogen) atoms. The summed E-state index contributed by atoms with van der Waals surface area (Å²) in [6, 6.07) is 6.81. The van der Waals surface area contributed by atoms with Gasteiger partial charge in [0.05, 0.1) is 24.2 Å². The first-order chi connectivity index (χ1) is 11.6. The Hall–Kier alpha value is -2.90. The Morgan fingerprint density at radius 2 is 1.75 bits per heavy atom. The van der Waals surface area contributed by atoms with Crippen LogP contribution in [-0.4, -0.2) is 41.3 Å². The van der Waals surface area contributed by atoms with E-state index in [0.717, 1.165) is 0 Å². The number of ether oxygens (including phenoxy) is 3. The molecule has 0 saturated carbocycles. The average molecular weight is 334 g/mol. The summed E-state index contributed by atoms with van der Waals surface area (Å²) in [5.74, 6) is -1.43. The fraction of sp³-hybridized carbons (Fsp3) is 0.375. The van der Waals surface area contributed by atoms with Crippen LogP contribution in [0.4, 0.5) is 0 Å². The molecule has 0 atom stereocenters.